The molecule has 0 bridgehead atoms. The van der Waals surface area contributed by atoms with E-state index in [0.717, 1.165) is 19.3 Å². The van der Waals surface area contributed by atoms with Crippen LogP contribution in [0.5, 0.6) is 0 Å². The molecule has 0 aliphatic heterocycles. The van der Waals surface area contributed by atoms with Crippen molar-refractivity contribution in [1.82, 2.24) is 0 Å². The van der Waals surface area contributed by atoms with E-state index in [1.807, 2.05) is 6.07 Å². The molecule has 0 amide bonds. The number of ether oxygens (including phenoxy) is 2. The third kappa shape index (κ3) is 3.07. The van der Waals surface area contributed by atoms with Crippen molar-refractivity contribution < 1.29 is 14.3 Å². The first-order valence-corrected chi connectivity index (χ1v) is 6.07. The highest BCUT2D eigenvalue weighted by molar-refractivity contribution is 5.69. The van der Waals surface area contributed by atoms with Crippen LogP contribution in [0.25, 0.3) is 0 Å². The molecule has 92 valence electrons. The fourth-order valence-electron chi connectivity index (χ4n) is 2.27. The van der Waals surface area contributed by atoms with Gasteiger partial charge in [-0.15, -0.1) is 0 Å². The number of methoxy groups -OCH3 is 1. The van der Waals surface area contributed by atoms with Gasteiger partial charge in [0.2, 0.25) is 0 Å². The molecule has 17 heavy (non-hydrogen) atoms. The van der Waals surface area contributed by atoms with Crippen LogP contribution in [0.2, 0.25) is 0 Å². The molecule has 0 spiro atoms. The molecule has 0 saturated heterocycles. The molecule has 3 nitrogen and oxygen atoms in total. The first-order chi connectivity index (χ1) is 8.31. The smallest absolute Gasteiger partial charge is 0.307 e. The number of aryl methyl sites for hydroxylation is 1. The van der Waals surface area contributed by atoms with E-state index in [0.29, 0.717) is 13.0 Å². The highest BCUT2D eigenvalue weighted by Crippen LogP contribution is 2.32. The average molecular weight is 234 g/mol. The maximum absolute atomic E-state index is 11.0. The van der Waals surface area contributed by atoms with Gasteiger partial charge in [0.25, 0.3) is 0 Å². The van der Waals surface area contributed by atoms with E-state index in [1.165, 1.54) is 18.2 Å². The summed E-state index contributed by atoms with van der Waals surface area (Å²) in [4.78, 5) is 11.0. The summed E-state index contributed by atoms with van der Waals surface area (Å²) in [6.07, 6.45) is 3.80. The lowest BCUT2D eigenvalue weighted by atomic mass is 9.89. The Bertz CT molecular complexity index is 387. The minimum Gasteiger partial charge on any atom is -0.469 e. The summed E-state index contributed by atoms with van der Waals surface area (Å²) in [5.74, 6) is -0.214. The molecule has 1 aromatic rings. The van der Waals surface area contributed by atoms with Crippen LogP contribution in [-0.2, 0) is 20.7 Å². The largest absolute Gasteiger partial charge is 0.469 e. The van der Waals surface area contributed by atoms with Crippen molar-refractivity contribution in [3.63, 3.8) is 0 Å². The van der Waals surface area contributed by atoms with Crippen molar-refractivity contribution in [1.29, 1.82) is 0 Å². The number of fused-ring (bicyclic) bond motifs is 1. The first kappa shape index (κ1) is 12.1. The molecule has 0 heterocycles. The fraction of sp³-hybridized carbons (Fsp3) is 0.500. The zero-order valence-corrected chi connectivity index (χ0v) is 10.1. The SMILES string of the molecule is COC(=O)CCOC1CCCc2ccccc21. The normalized spacial score (nSPS) is 18.5. The van der Waals surface area contributed by atoms with Gasteiger partial charge in [-0.3, -0.25) is 4.79 Å². The predicted octanol–water partition coefficient (Wildman–Crippen LogP) is 2.64. The quantitative estimate of drug-likeness (QED) is 0.751. The van der Waals surface area contributed by atoms with Crippen LogP contribution in [0.1, 0.15) is 36.5 Å². The Morgan fingerprint density at radius 1 is 1.41 bits per heavy atom. The van der Waals surface area contributed by atoms with Crippen LogP contribution in [0.3, 0.4) is 0 Å². The minimum atomic E-state index is -0.214. The zero-order chi connectivity index (χ0) is 12.1. The van der Waals surface area contributed by atoms with Gasteiger partial charge in [-0.2, -0.15) is 0 Å². The van der Waals surface area contributed by atoms with Gasteiger partial charge in [0, 0.05) is 0 Å². The van der Waals surface area contributed by atoms with Crippen molar-refractivity contribution in [2.45, 2.75) is 31.8 Å². The third-order valence-corrected chi connectivity index (χ3v) is 3.17. The van der Waals surface area contributed by atoms with Crippen LogP contribution in [0.4, 0.5) is 0 Å². The van der Waals surface area contributed by atoms with Crippen molar-refractivity contribution in [3.8, 4) is 0 Å². The van der Waals surface area contributed by atoms with Crippen LogP contribution < -0.4 is 0 Å². The molecule has 0 saturated carbocycles. The second kappa shape index (κ2) is 5.82. The monoisotopic (exact) mass is 234 g/mol. The standard InChI is InChI=1S/C14H18O3/c1-16-14(15)9-10-17-13-8-4-6-11-5-2-3-7-12(11)13/h2-3,5,7,13H,4,6,8-10H2,1H3. The molecule has 3 heteroatoms. The van der Waals surface area contributed by atoms with Crippen LogP contribution in [0.15, 0.2) is 24.3 Å². The van der Waals surface area contributed by atoms with Gasteiger partial charge in [0.1, 0.15) is 0 Å². The maximum Gasteiger partial charge on any atom is 0.307 e. The molecule has 0 radical (unpaired) electrons. The van der Waals surface area contributed by atoms with Gasteiger partial charge in [-0.1, -0.05) is 24.3 Å². The van der Waals surface area contributed by atoms with Gasteiger partial charge in [-0.05, 0) is 30.4 Å². The molecule has 1 aliphatic carbocycles. The lowest BCUT2D eigenvalue weighted by Gasteiger charge is -2.25. The van der Waals surface area contributed by atoms with E-state index in [9.17, 15) is 4.79 Å². The molecule has 0 aromatic heterocycles. The molecular weight excluding hydrogens is 216 g/mol. The molecular formula is C14H18O3. The average Bonchev–Trinajstić information content (AvgIpc) is 2.39. The zero-order valence-electron chi connectivity index (χ0n) is 10.1. The summed E-state index contributed by atoms with van der Waals surface area (Å²) in [7, 11) is 1.40. The minimum absolute atomic E-state index is 0.143. The van der Waals surface area contributed by atoms with Crippen LogP contribution in [-0.4, -0.2) is 19.7 Å². The van der Waals surface area contributed by atoms with Crippen molar-refractivity contribution in [3.05, 3.63) is 35.4 Å². The van der Waals surface area contributed by atoms with Crippen molar-refractivity contribution in [2.24, 2.45) is 0 Å². The predicted molar refractivity (Wildman–Crippen MR) is 64.7 cm³/mol. The van der Waals surface area contributed by atoms with Gasteiger partial charge in [-0.25, -0.2) is 0 Å². The van der Waals surface area contributed by atoms with E-state index in [-0.39, 0.29) is 12.1 Å². The van der Waals surface area contributed by atoms with Gasteiger partial charge >= 0.3 is 5.97 Å². The number of carbonyl (C=O) groups excluding carboxylic acids is 1. The molecule has 2 rings (SSSR count). The molecule has 1 unspecified atom stereocenters. The Balaban J connectivity index is 1.92. The summed E-state index contributed by atoms with van der Waals surface area (Å²) in [6.45, 7) is 0.436. The molecule has 1 atom stereocenters. The Kier molecular flexibility index (Phi) is 4.15. The topological polar surface area (TPSA) is 35.5 Å². The number of hydrogen-bond donors (Lipinski definition) is 0. The lowest BCUT2D eigenvalue weighted by Crippen LogP contribution is -2.15. The summed E-state index contributed by atoms with van der Waals surface area (Å²) < 4.78 is 10.4. The van der Waals surface area contributed by atoms with Gasteiger partial charge < -0.3 is 9.47 Å². The summed E-state index contributed by atoms with van der Waals surface area (Å²) in [5.41, 5.74) is 2.66. The van der Waals surface area contributed by atoms with Crippen molar-refractivity contribution in [2.75, 3.05) is 13.7 Å². The van der Waals surface area contributed by atoms with E-state index in [1.54, 1.807) is 0 Å². The Hall–Kier alpha value is -1.35. The number of carbonyl (C=O) groups is 1. The summed E-state index contributed by atoms with van der Waals surface area (Å²) >= 11 is 0. The molecule has 0 fully saturated rings. The Labute approximate surface area is 102 Å². The number of hydrogen-bond acceptors (Lipinski definition) is 3. The summed E-state index contributed by atoms with van der Waals surface area (Å²) in [6, 6.07) is 8.39. The second-order valence-corrected chi connectivity index (χ2v) is 4.28. The van der Waals surface area contributed by atoms with Crippen LogP contribution >= 0.6 is 0 Å². The first-order valence-electron chi connectivity index (χ1n) is 6.07. The molecule has 1 aromatic carbocycles. The highest BCUT2D eigenvalue weighted by Gasteiger charge is 2.20. The van der Waals surface area contributed by atoms with Gasteiger partial charge in [0.15, 0.2) is 0 Å². The fourth-order valence-corrected chi connectivity index (χ4v) is 2.27. The Morgan fingerprint density at radius 2 is 2.24 bits per heavy atom. The van der Waals surface area contributed by atoms with E-state index >= 15 is 0 Å². The second-order valence-electron chi connectivity index (χ2n) is 4.28. The van der Waals surface area contributed by atoms with E-state index in [4.69, 9.17) is 4.74 Å². The van der Waals surface area contributed by atoms with E-state index in [2.05, 4.69) is 22.9 Å². The third-order valence-electron chi connectivity index (χ3n) is 3.17. The summed E-state index contributed by atoms with van der Waals surface area (Å²) in [5, 5.41) is 0. The van der Waals surface area contributed by atoms with E-state index < -0.39 is 0 Å². The number of esters is 1. The number of rotatable bonds is 4. The highest BCUT2D eigenvalue weighted by atomic mass is 16.5. The van der Waals surface area contributed by atoms with Gasteiger partial charge in [0.05, 0.1) is 26.2 Å². The lowest BCUT2D eigenvalue weighted by molar-refractivity contribution is -0.142. The number of benzene rings is 1. The van der Waals surface area contributed by atoms with Crippen molar-refractivity contribution >= 4 is 5.97 Å². The maximum atomic E-state index is 11.0. The molecule has 1 aliphatic rings. The Morgan fingerprint density at radius 3 is 3.06 bits per heavy atom. The van der Waals surface area contributed by atoms with Crippen LogP contribution in [0, 0.1) is 0 Å². The molecule has 0 N–H and O–H groups in total.